The Labute approximate surface area is 100 Å². The number of benzene rings is 2. The second kappa shape index (κ2) is 5.00. The van der Waals surface area contributed by atoms with Gasteiger partial charge in [0, 0.05) is 0 Å². The van der Waals surface area contributed by atoms with Gasteiger partial charge in [0.15, 0.2) is 0 Å². The molecule has 17 heavy (non-hydrogen) atoms. The van der Waals surface area contributed by atoms with Crippen molar-refractivity contribution in [1.29, 1.82) is 5.26 Å². The fraction of sp³-hybridized carbons (Fsp3) is 0. The predicted molar refractivity (Wildman–Crippen MR) is 68.0 cm³/mol. The predicted octanol–water partition coefficient (Wildman–Crippen LogP) is 3.46. The maximum Gasteiger partial charge on any atom is 0.115 e. The van der Waals surface area contributed by atoms with Gasteiger partial charge in [-0.1, -0.05) is 42.5 Å². The molecule has 0 aliphatic heterocycles. The monoisotopic (exact) mass is 221 g/mol. The van der Waals surface area contributed by atoms with Crippen molar-refractivity contribution < 1.29 is 5.11 Å². The van der Waals surface area contributed by atoms with Gasteiger partial charge in [-0.2, -0.15) is 5.26 Å². The third kappa shape index (κ3) is 2.73. The molecular formula is C15H11NO. The molecule has 2 aromatic rings. The third-order valence-electron chi connectivity index (χ3n) is 2.41. The molecule has 0 fully saturated rings. The second-order valence-corrected chi connectivity index (χ2v) is 3.63. The molecule has 0 saturated carbocycles. The molecule has 0 aromatic heterocycles. The van der Waals surface area contributed by atoms with Crippen molar-refractivity contribution >= 4 is 11.6 Å². The summed E-state index contributed by atoms with van der Waals surface area (Å²) in [6.45, 7) is 0. The van der Waals surface area contributed by atoms with E-state index in [2.05, 4.69) is 6.07 Å². The van der Waals surface area contributed by atoms with Gasteiger partial charge in [0.2, 0.25) is 0 Å². The number of phenols is 1. The highest BCUT2D eigenvalue weighted by atomic mass is 16.3. The summed E-state index contributed by atoms with van der Waals surface area (Å²) in [5.74, 6) is 0.223. The van der Waals surface area contributed by atoms with Crippen LogP contribution in [-0.2, 0) is 0 Å². The Hall–Kier alpha value is -2.53. The van der Waals surface area contributed by atoms with E-state index in [9.17, 15) is 5.11 Å². The van der Waals surface area contributed by atoms with Gasteiger partial charge in [0.05, 0.1) is 11.6 Å². The van der Waals surface area contributed by atoms with Gasteiger partial charge in [-0.15, -0.1) is 0 Å². The number of rotatable bonds is 2. The molecule has 0 radical (unpaired) electrons. The Balaban J connectivity index is 2.37. The molecule has 0 spiro atoms. The van der Waals surface area contributed by atoms with Crippen LogP contribution in [0.5, 0.6) is 5.75 Å². The van der Waals surface area contributed by atoms with Crippen LogP contribution in [0.2, 0.25) is 0 Å². The van der Waals surface area contributed by atoms with Crippen molar-refractivity contribution in [1.82, 2.24) is 0 Å². The summed E-state index contributed by atoms with van der Waals surface area (Å²) >= 11 is 0. The van der Waals surface area contributed by atoms with Gasteiger partial charge < -0.3 is 5.11 Å². The number of nitrogens with zero attached hydrogens (tertiary/aromatic N) is 1. The maximum absolute atomic E-state index is 9.18. The topological polar surface area (TPSA) is 44.0 Å². The lowest BCUT2D eigenvalue weighted by molar-refractivity contribution is 0.475. The van der Waals surface area contributed by atoms with E-state index in [4.69, 9.17) is 5.26 Å². The molecule has 0 bridgehead atoms. The third-order valence-corrected chi connectivity index (χ3v) is 2.41. The molecule has 0 saturated heterocycles. The average molecular weight is 221 g/mol. The number of aromatic hydroxyl groups is 1. The van der Waals surface area contributed by atoms with Gasteiger partial charge in [-0.05, 0) is 29.3 Å². The number of hydrogen-bond acceptors (Lipinski definition) is 2. The van der Waals surface area contributed by atoms with Gasteiger partial charge in [0.25, 0.3) is 0 Å². The second-order valence-electron chi connectivity index (χ2n) is 3.63. The standard InChI is InChI=1S/C15H11NO/c16-11-14(13-4-2-1-3-5-13)10-12-6-8-15(17)9-7-12/h1-10,17H/b14-10+. The summed E-state index contributed by atoms with van der Waals surface area (Å²) < 4.78 is 0. The number of hydrogen-bond donors (Lipinski definition) is 1. The molecule has 0 aliphatic rings. The van der Waals surface area contributed by atoms with E-state index >= 15 is 0 Å². The van der Waals surface area contributed by atoms with E-state index in [1.807, 2.05) is 30.3 Å². The Morgan fingerprint density at radius 1 is 1.00 bits per heavy atom. The van der Waals surface area contributed by atoms with Crippen LogP contribution in [0.3, 0.4) is 0 Å². The first kappa shape index (κ1) is 11.0. The molecule has 2 heteroatoms. The van der Waals surface area contributed by atoms with Crippen LogP contribution in [0, 0.1) is 11.3 Å². The van der Waals surface area contributed by atoms with Crippen LogP contribution in [0.15, 0.2) is 54.6 Å². The number of nitriles is 1. The van der Waals surface area contributed by atoms with Crippen molar-refractivity contribution in [2.75, 3.05) is 0 Å². The van der Waals surface area contributed by atoms with Crippen molar-refractivity contribution in [3.8, 4) is 11.8 Å². The maximum atomic E-state index is 9.18. The Morgan fingerprint density at radius 2 is 1.65 bits per heavy atom. The molecule has 0 heterocycles. The summed E-state index contributed by atoms with van der Waals surface area (Å²) in [5.41, 5.74) is 2.39. The summed E-state index contributed by atoms with van der Waals surface area (Å²) in [6.07, 6.45) is 1.80. The van der Waals surface area contributed by atoms with Gasteiger partial charge in [0.1, 0.15) is 5.75 Å². The zero-order chi connectivity index (χ0) is 12.1. The molecule has 1 N–H and O–H groups in total. The Kier molecular flexibility index (Phi) is 3.23. The van der Waals surface area contributed by atoms with E-state index in [-0.39, 0.29) is 5.75 Å². The fourth-order valence-electron chi connectivity index (χ4n) is 1.54. The summed E-state index contributed by atoms with van der Waals surface area (Å²) in [6, 6.07) is 18.4. The number of phenolic OH excluding ortho intramolecular Hbond substituents is 1. The highest BCUT2D eigenvalue weighted by molar-refractivity contribution is 5.89. The molecule has 0 unspecified atom stereocenters. The molecule has 2 nitrogen and oxygen atoms in total. The lowest BCUT2D eigenvalue weighted by atomic mass is 10.0. The summed E-state index contributed by atoms with van der Waals surface area (Å²) in [4.78, 5) is 0. The molecule has 0 aliphatic carbocycles. The van der Waals surface area contributed by atoms with Crippen LogP contribution in [0.25, 0.3) is 11.6 Å². The first-order valence-corrected chi connectivity index (χ1v) is 5.26. The quantitative estimate of drug-likeness (QED) is 0.623. The fourth-order valence-corrected chi connectivity index (χ4v) is 1.54. The van der Waals surface area contributed by atoms with Crippen molar-refractivity contribution in [2.24, 2.45) is 0 Å². The Bertz CT molecular complexity index is 562. The lowest BCUT2D eigenvalue weighted by Gasteiger charge is -1.99. The van der Waals surface area contributed by atoms with Crippen LogP contribution in [-0.4, -0.2) is 5.11 Å². The first-order chi connectivity index (χ1) is 8.29. The van der Waals surface area contributed by atoms with Gasteiger partial charge in [-0.25, -0.2) is 0 Å². The molecule has 82 valence electrons. The summed E-state index contributed by atoms with van der Waals surface area (Å²) in [7, 11) is 0. The first-order valence-electron chi connectivity index (χ1n) is 5.26. The SMILES string of the molecule is N#C/C(=C\c1ccc(O)cc1)c1ccccc1. The molecule has 2 rings (SSSR count). The van der Waals surface area contributed by atoms with Crippen LogP contribution < -0.4 is 0 Å². The van der Waals surface area contributed by atoms with E-state index in [1.54, 1.807) is 30.3 Å². The molecule has 2 aromatic carbocycles. The zero-order valence-corrected chi connectivity index (χ0v) is 9.17. The van der Waals surface area contributed by atoms with Gasteiger partial charge in [-0.3, -0.25) is 0 Å². The van der Waals surface area contributed by atoms with Crippen molar-refractivity contribution in [3.63, 3.8) is 0 Å². The smallest absolute Gasteiger partial charge is 0.115 e. The normalized spacial score (nSPS) is 10.9. The molecular weight excluding hydrogens is 210 g/mol. The number of allylic oxidation sites excluding steroid dienone is 1. The van der Waals surface area contributed by atoms with E-state index in [0.29, 0.717) is 5.57 Å². The molecule has 0 atom stereocenters. The Morgan fingerprint density at radius 3 is 2.24 bits per heavy atom. The lowest BCUT2D eigenvalue weighted by Crippen LogP contribution is -1.80. The van der Waals surface area contributed by atoms with E-state index < -0.39 is 0 Å². The zero-order valence-electron chi connectivity index (χ0n) is 9.17. The van der Waals surface area contributed by atoms with E-state index in [0.717, 1.165) is 11.1 Å². The van der Waals surface area contributed by atoms with Crippen LogP contribution in [0.1, 0.15) is 11.1 Å². The minimum absolute atomic E-state index is 0.223. The van der Waals surface area contributed by atoms with Gasteiger partial charge >= 0.3 is 0 Å². The van der Waals surface area contributed by atoms with E-state index in [1.165, 1.54) is 0 Å². The minimum Gasteiger partial charge on any atom is -0.508 e. The van der Waals surface area contributed by atoms with Crippen molar-refractivity contribution in [2.45, 2.75) is 0 Å². The van der Waals surface area contributed by atoms with Crippen molar-refractivity contribution in [3.05, 3.63) is 65.7 Å². The van der Waals surface area contributed by atoms with Crippen LogP contribution >= 0.6 is 0 Å². The average Bonchev–Trinajstić information content (AvgIpc) is 2.39. The molecule has 0 amide bonds. The highest BCUT2D eigenvalue weighted by Gasteiger charge is 1.99. The van der Waals surface area contributed by atoms with Crippen LogP contribution in [0.4, 0.5) is 0 Å². The summed E-state index contributed by atoms with van der Waals surface area (Å²) in [5, 5.41) is 18.3. The largest absolute Gasteiger partial charge is 0.508 e. The highest BCUT2D eigenvalue weighted by Crippen LogP contribution is 2.18. The minimum atomic E-state index is 0.223.